The number of epoxide rings is 1. The van der Waals surface area contributed by atoms with Crippen molar-refractivity contribution < 1.29 is 14.3 Å². The minimum Gasteiger partial charge on any atom is -0.374 e. The Bertz CT molecular complexity index is 463. The fourth-order valence-electron chi connectivity index (χ4n) is 4.12. The molecule has 0 aromatic rings. The second kappa shape index (κ2) is 2.70. The Kier molecular flexibility index (Phi) is 1.70. The first-order valence-electron chi connectivity index (χ1n) is 6.13. The molecule has 2 bridgehead atoms. The topological polar surface area (TPSA) is 38.8 Å². The van der Waals surface area contributed by atoms with Crippen molar-refractivity contribution in [2.45, 2.75) is 31.5 Å². The number of halogens is 1. The Morgan fingerprint density at radius 2 is 2.06 bits per heavy atom. The Morgan fingerprint density at radius 3 is 2.71 bits per heavy atom. The molecule has 0 aromatic carbocycles. The number of ether oxygens (including phenoxy) is 2. The van der Waals surface area contributed by atoms with Gasteiger partial charge in [0.15, 0.2) is 11.4 Å². The van der Waals surface area contributed by atoms with Gasteiger partial charge in [-0.25, -0.2) is 0 Å². The van der Waals surface area contributed by atoms with Gasteiger partial charge < -0.3 is 9.47 Å². The van der Waals surface area contributed by atoms with Gasteiger partial charge in [-0.1, -0.05) is 22.0 Å². The van der Waals surface area contributed by atoms with Gasteiger partial charge in [-0.05, 0) is 24.8 Å². The van der Waals surface area contributed by atoms with Gasteiger partial charge in [0.1, 0.15) is 0 Å². The molecule has 5 aliphatic rings. The zero-order chi connectivity index (χ0) is 12.1. The van der Waals surface area contributed by atoms with E-state index in [1.807, 2.05) is 0 Å². The highest BCUT2D eigenvalue weighted by molar-refractivity contribution is 9.11. The Balaban J connectivity index is 1.92. The van der Waals surface area contributed by atoms with E-state index in [1.54, 1.807) is 0 Å². The maximum absolute atomic E-state index is 12.7. The summed E-state index contributed by atoms with van der Waals surface area (Å²) in [6, 6.07) is 0. The van der Waals surface area contributed by atoms with Crippen LogP contribution in [0.15, 0.2) is 10.6 Å². The summed E-state index contributed by atoms with van der Waals surface area (Å²) in [7, 11) is 0. The van der Waals surface area contributed by atoms with Crippen LogP contribution in [0.5, 0.6) is 0 Å². The minimum absolute atomic E-state index is 0.200. The Labute approximate surface area is 109 Å². The quantitative estimate of drug-likeness (QED) is 0.643. The smallest absolute Gasteiger partial charge is 0.180 e. The van der Waals surface area contributed by atoms with E-state index >= 15 is 0 Å². The van der Waals surface area contributed by atoms with E-state index in [-0.39, 0.29) is 17.3 Å². The van der Waals surface area contributed by atoms with E-state index in [2.05, 4.69) is 35.9 Å². The zero-order valence-electron chi connectivity index (χ0n) is 9.96. The van der Waals surface area contributed by atoms with E-state index in [0.29, 0.717) is 19.1 Å². The maximum Gasteiger partial charge on any atom is 0.180 e. The molecule has 3 nitrogen and oxygen atoms in total. The lowest BCUT2D eigenvalue weighted by atomic mass is 9.52. The van der Waals surface area contributed by atoms with Crippen LogP contribution in [0.25, 0.3) is 0 Å². The molecular weight excluding hydrogens is 284 g/mol. The number of Topliss-reactive ketones (excluding diaryl/α,β-unsaturated/α-hetero) is 1. The first kappa shape index (κ1) is 10.7. The van der Waals surface area contributed by atoms with Crippen LogP contribution in [-0.4, -0.2) is 30.2 Å². The van der Waals surface area contributed by atoms with Crippen molar-refractivity contribution >= 4 is 21.7 Å². The summed E-state index contributed by atoms with van der Waals surface area (Å²) in [5, 5.41) is 0. The van der Waals surface area contributed by atoms with E-state index in [9.17, 15) is 4.79 Å². The molecule has 4 atom stereocenters. The van der Waals surface area contributed by atoms with E-state index < -0.39 is 11.0 Å². The predicted molar refractivity (Wildman–Crippen MR) is 64.8 cm³/mol. The Morgan fingerprint density at radius 1 is 1.35 bits per heavy atom. The SMILES string of the molecule is CC1(C)OC[C@]23C=C(Br)C(CC12)[C@@]1(CO1)C3=O. The van der Waals surface area contributed by atoms with Crippen LogP contribution >= 0.6 is 15.9 Å². The lowest BCUT2D eigenvalue weighted by Crippen LogP contribution is -2.59. The van der Waals surface area contributed by atoms with Gasteiger partial charge in [-0.15, -0.1) is 0 Å². The van der Waals surface area contributed by atoms with E-state index in [4.69, 9.17) is 9.47 Å². The highest BCUT2D eigenvalue weighted by Crippen LogP contribution is 2.66. The molecule has 1 saturated carbocycles. The third-order valence-electron chi connectivity index (χ3n) is 5.17. The molecule has 0 aromatic heterocycles. The molecule has 2 aliphatic heterocycles. The van der Waals surface area contributed by atoms with Crippen LogP contribution in [0.3, 0.4) is 0 Å². The minimum atomic E-state index is -0.506. The third kappa shape index (κ3) is 1.00. The predicted octanol–water partition coefficient (Wildman–Crippen LogP) is 2.05. The fraction of sp³-hybridized carbons (Fsp3) is 0.769. The molecule has 92 valence electrons. The first-order valence-corrected chi connectivity index (χ1v) is 6.93. The molecule has 3 fully saturated rings. The van der Waals surface area contributed by atoms with Crippen molar-refractivity contribution in [2.24, 2.45) is 17.3 Å². The van der Waals surface area contributed by atoms with Gasteiger partial charge in [-0.2, -0.15) is 0 Å². The van der Waals surface area contributed by atoms with Crippen LogP contribution in [0.4, 0.5) is 0 Å². The van der Waals surface area contributed by atoms with Gasteiger partial charge in [0.2, 0.25) is 0 Å². The average molecular weight is 299 g/mol. The molecule has 5 rings (SSSR count). The van der Waals surface area contributed by atoms with Gasteiger partial charge >= 0.3 is 0 Å². The zero-order valence-corrected chi connectivity index (χ0v) is 11.5. The number of rotatable bonds is 0. The summed E-state index contributed by atoms with van der Waals surface area (Å²) in [4.78, 5) is 12.7. The van der Waals surface area contributed by atoms with Crippen molar-refractivity contribution in [3.63, 3.8) is 0 Å². The van der Waals surface area contributed by atoms with Gasteiger partial charge in [0, 0.05) is 11.8 Å². The highest BCUT2D eigenvalue weighted by atomic mass is 79.9. The second-order valence-electron chi connectivity index (χ2n) is 6.31. The average Bonchev–Trinajstić information content (AvgIpc) is 2.99. The molecule has 3 aliphatic carbocycles. The molecule has 2 heterocycles. The van der Waals surface area contributed by atoms with E-state index in [1.165, 1.54) is 0 Å². The van der Waals surface area contributed by atoms with Gasteiger partial charge in [-0.3, -0.25) is 4.79 Å². The van der Waals surface area contributed by atoms with Crippen LogP contribution in [-0.2, 0) is 14.3 Å². The number of carbonyl (C=O) groups excluding carboxylic acids is 1. The van der Waals surface area contributed by atoms with Crippen molar-refractivity contribution in [3.8, 4) is 0 Å². The summed E-state index contributed by atoms with van der Waals surface area (Å²) in [6.07, 6.45) is 3.10. The van der Waals surface area contributed by atoms with Gasteiger partial charge in [0.05, 0.1) is 24.2 Å². The first-order chi connectivity index (χ1) is 7.92. The van der Waals surface area contributed by atoms with Crippen molar-refractivity contribution in [1.82, 2.24) is 0 Å². The van der Waals surface area contributed by atoms with E-state index in [0.717, 1.165) is 10.9 Å². The summed E-state index contributed by atoms with van der Waals surface area (Å²) in [5.41, 5.74) is -1.14. The maximum atomic E-state index is 12.7. The largest absolute Gasteiger partial charge is 0.374 e. The summed E-state index contributed by atoms with van der Waals surface area (Å²) in [5.74, 6) is 0.770. The Hall–Kier alpha value is -0.190. The molecule has 2 saturated heterocycles. The fourth-order valence-corrected chi connectivity index (χ4v) is 5.09. The number of ketones is 1. The molecule has 0 amide bonds. The lowest BCUT2D eigenvalue weighted by Gasteiger charge is -2.49. The molecule has 4 heteroatoms. The van der Waals surface area contributed by atoms with Gasteiger partial charge in [0.25, 0.3) is 0 Å². The normalized spacial score (nSPS) is 53.8. The molecule has 0 N–H and O–H groups in total. The second-order valence-corrected chi connectivity index (χ2v) is 7.23. The third-order valence-corrected chi connectivity index (χ3v) is 5.95. The van der Waals surface area contributed by atoms with Crippen molar-refractivity contribution in [2.75, 3.05) is 13.2 Å². The van der Waals surface area contributed by atoms with Crippen molar-refractivity contribution in [3.05, 3.63) is 10.6 Å². The summed E-state index contributed by atoms with van der Waals surface area (Å²) >= 11 is 3.63. The van der Waals surface area contributed by atoms with Crippen LogP contribution in [0.2, 0.25) is 0 Å². The molecular formula is C13H15BrO3. The molecule has 17 heavy (non-hydrogen) atoms. The molecule has 2 unspecified atom stereocenters. The summed E-state index contributed by atoms with van der Waals surface area (Å²) < 4.78 is 12.6. The standard InChI is InChI=1S/C13H15BrO3/c1-11(2)9-3-7-8(14)4-12(9,5-16-11)10(15)13(7)6-17-13/h4,7,9H,3,5-6H2,1-2H3/t7?,9?,12-,13+/m1/s1. The van der Waals surface area contributed by atoms with Crippen LogP contribution < -0.4 is 0 Å². The molecule has 0 radical (unpaired) electrons. The van der Waals surface area contributed by atoms with Crippen LogP contribution in [0, 0.1) is 17.3 Å². The monoisotopic (exact) mass is 298 g/mol. The number of carbonyl (C=O) groups is 1. The highest BCUT2D eigenvalue weighted by Gasteiger charge is 2.75. The van der Waals surface area contributed by atoms with Crippen molar-refractivity contribution in [1.29, 1.82) is 0 Å². The lowest BCUT2D eigenvalue weighted by molar-refractivity contribution is -0.141. The summed E-state index contributed by atoms with van der Waals surface area (Å²) in [6.45, 7) is 5.30. The van der Waals surface area contributed by atoms with Crippen LogP contribution in [0.1, 0.15) is 20.3 Å². The number of hydrogen-bond donors (Lipinski definition) is 0. The molecule has 2 spiro atoms. The number of hydrogen-bond acceptors (Lipinski definition) is 3.